The van der Waals surface area contributed by atoms with Gasteiger partial charge in [-0.15, -0.1) is 0 Å². The fourth-order valence-corrected chi connectivity index (χ4v) is 3.60. The number of hydrogen-bond donors (Lipinski definition) is 2. The van der Waals surface area contributed by atoms with E-state index in [1.807, 2.05) is 36.4 Å². The van der Waals surface area contributed by atoms with E-state index in [0.717, 1.165) is 22.0 Å². The van der Waals surface area contributed by atoms with Crippen molar-refractivity contribution in [2.45, 2.75) is 18.8 Å². The maximum atomic E-state index is 9.67. The van der Waals surface area contributed by atoms with Gasteiger partial charge in [-0.1, -0.05) is 59.3 Å². The Morgan fingerprint density at radius 2 is 1.00 bits per heavy atom. The number of phenolic OH excluding ortho intramolecular Hbond substituents is 2. The van der Waals surface area contributed by atoms with E-state index in [4.69, 9.17) is 0 Å². The van der Waals surface area contributed by atoms with Crippen LogP contribution in [0.4, 0.5) is 0 Å². The van der Waals surface area contributed by atoms with Crippen molar-refractivity contribution in [3.8, 4) is 11.5 Å². The molecule has 0 atom stereocenters. The van der Waals surface area contributed by atoms with Gasteiger partial charge in [-0.2, -0.15) is 0 Å². The van der Waals surface area contributed by atoms with Crippen LogP contribution in [0.5, 0.6) is 11.5 Å². The zero-order chi connectivity index (χ0) is 17.2. The van der Waals surface area contributed by atoms with Crippen molar-refractivity contribution in [3.63, 3.8) is 0 Å². The predicted octanol–water partition coefficient (Wildman–Crippen LogP) is 5.60. The minimum Gasteiger partial charge on any atom is -0.508 e. The average Bonchev–Trinajstić information content (AvgIpc) is 2.60. The topological polar surface area (TPSA) is 40.5 Å². The first-order valence-corrected chi connectivity index (χ1v) is 8.70. The van der Waals surface area contributed by atoms with Crippen LogP contribution in [-0.4, -0.2) is 10.2 Å². The van der Waals surface area contributed by atoms with Gasteiger partial charge in [-0.25, -0.2) is 0 Å². The van der Waals surface area contributed by atoms with E-state index in [0.29, 0.717) is 0 Å². The van der Waals surface area contributed by atoms with Crippen molar-refractivity contribution in [3.05, 3.63) is 94.0 Å². The second kappa shape index (κ2) is 6.70. The molecule has 0 unspecified atom stereocenters. The van der Waals surface area contributed by atoms with Crippen LogP contribution >= 0.6 is 15.9 Å². The van der Waals surface area contributed by atoms with Crippen molar-refractivity contribution < 1.29 is 10.2 Å². The molecule has 0 bridgehead atoms. The van der Waals surface area contributed by atoms with Gasteiger partial charge in [0.2, 0.25) is 0 Å². The Balaban J connectivity index is 2.27. The van der Waals surface area contributed by atoms with Crippen molar-refractivity contribution >= 4 is 15.9 Å². The van der Waals surface area contributed by atoms with Crippen molar-refractivity contribution in [1.82, 2.24) is 0 Å². The first-order chi connectivity index (χ1) is 11.6. The number of halogens is 1. The fraction of sp³-hybridized carbons (Fsp3) is 0.143. The molecule has 0 fully saturated rings. The Morgan fingerprint density at radius 1 is 0.667 bits per heavy atom. The highest BCUT2D eigenvalue weighted by Crippen LogP contribution is 2.43. The van der Waals surface area contributed by atoms with Crippen LogP contribution < -0.4 is 0 Å². The summed E-state index contributed by atoms with van der Waals surface area (Å²) in [6.07, 6.45) is 0.851. The molecule has 0 aliphatic carbocycles. The number of hydrogen-bond acceptors (Lipinski definition) is 2. The molecule has 3 rings (SSSR count). The Hall–Kier alpha value is -2.26. The van der Waals surface area contributed by atoms with Gasteiger partial charge in [0.15, 0.2) is 0 Å². The summed E-state index contributed by atoms with van der Waals surface area (Å²) in [6, 6.07) is 23.1. The molecule has 3 aromatic rings. The molecule has 2 N–H and O–H groups in total. The lowest BCUT2D eigenvalue weighted by Crippen LogP contribution is -2.28. The van der Waals surface area contributed by atoms with Crippen LogP contribution in [0.3, 0.4) is 0 Å². The average molecular weight is 383 g/mol. The lowest BCUT2D eigenvalue weighted by Gasteiger charge is -2.35. The maximum Gasteiger partial charge on any atom is 0.115 e. The van der Waals surface area contributed by atoms with E-state index in [9.17, 15) is 10.2 Å². The standard InChI is InChI=1S/C21H19BrO2/c1-2-21(15-3-9-18(22)10-4-15,16-5-11-19(23)12-6-16)17-7-13-20(24)14-8-17/h3-14,23-24H,2H2,1H3. The number of benzene rings is 3. The lowest BCUT2D eigenvalue weighted by molar-refractivity contribution is 0.473. The smallest absolute Gasteiger partial charge is 0.115 e. The van der Waals surface area contributed by atoms with Crippen LogP contribution in [0.15, 0.2) is 77.3 Å². The van der Waals surface area contributed by atoms with Crippen molar-refractivity contribution in [2.24, 2.45) is 0 Å². The highest BCUT2D eigenvalue weighted by atomic mass is 79.9. The summed E-state index contributed by atoms with van der Waals surface area (Å²) in [5.74, 6) is 0.510. The quantitative estimate of drug-likeness (QED) is 0.576. The van der Waals surface area contributed by atoms with E-state index in [1.165, 1.54) is 5.56 Å². The van der Waals surface area contributed by atoms with Gasteiger partial charge < -0.3 is 10.2 Å². The zero-order valence-corrected chi connectivity index (χ0v) is 15.0. The van der Waals surface area contributed by atoms with E-state index >= 15 is 0 Å². The molecule has 0 saturated heterocycles. The maximum absolute atomic E-state index is 9.67. The van der Waals surface area contributed by atoms with Gasteiger partial charge in [0.05, 0.1) is 0 Å². The Labute approximate surface area is 150 Å². The van der Waals surface area contributed by atoms with Crippen molar-refractivity contribution in [2.75, 3.05) is 0 Å². The molecule has 3 aromatic carbocycles. The highest BCUT2D eigenvalue weighted by Gasteiger charge is 2.34. The van der Waals surface area contributed by atoms with Crippen molar-refractivity contribution in [1.29, 1.82) is 0 Å². The fourth-order valence-electron chi connectivity index (χ4n) is 3.34. The number of aromatic hydroxyl groups is 2. The van der Waals surface area contributed by atoms with Gasteiger partial charge in [0.1, 0.15) is 11.5 Å². The molecule has 0 aromatic heterocycles. The normalized spacial score (nSPS) is 11.4. The number of phenols is 2. The molecule has 0 saturated carbocycles. The van der Waals surface area contributed by atoms with Crippen LogP contribution in [0.1, 0.15) is 30.0 Å². The highest BCUT2D eigenvalue weighted by molar-refractivity contribution is 9.10. The third kappa shape index (κ3) is 2.92. The SMILES string of the molecule is CCC(c1ccc(O)cc1)(c1ccc(O)cc1)c1ccc(Br)cc1. The molecule has 24 heavy (non-hydrogen) atoms. The molecule has 122 valence electrons. The largest absolute Gasteiger partial charge is 0.508 e. The molecule has 0 aliphatic rings. The molecule has 3 heteroatoms. The first kappa shape index (κ1) is 16.6. The Morgan fingerprint density at radius 3 is 1.33 bits per heavy atom. The molecular weight excluding hydrogens is 364 g/mol. The summed E-state index contributed by atoms with van der Waals surface area (Å²) in [5.41, 5.74) is 3.04. The van der Waals surface area contributed by atoms with E-state index < -0.39 is 0 Å². The van der Waals surface area contributed by atoms with Crippen LogP contribution in [0.25, 0.3) is 0 Å². The van der Waals surface area contributed by atoms with Gasteiger partial charge in [0.25, 0.3) is 0 Å². The first-order valence-electron chi connectivity index (χ1n) is 7.91. The third-order valence-corrected chi connectivity index (χ3v) is 5.12. The van der Waals surface area contributed by atoms with Gasteiger partial charge in [0, 0.05) is 9.89 Å². The van der Waals surface area contributed by atoms with E-state index in [2.05, 4.69) is 35.0 Å². The van der Waals surface area contributed by atoms with E-state index in [-0.39, 0.29) is 16.9 Å². The van der Waals surface area contributed by atoms with Crippen LogP contribution in [-0.2, 0) is 5.41 Å². The summed E-state index contributed by atoms with van der Waals surface area (Å²) in [4.78, 5) is 0. The molecule has 0 aliphatic heterocycles. The minimum atomic E-state index is -0.345. The molecular formula is C21H19BrO2. The summed E-state index contributed by atoms with van der Waals surface area (Å²) in [5, 5.41) is 19.3. The molecule has 0 heterocycles. The van der Waals surface area contributed by atoms with Gasteiger partial charge in [-0.3, -0.25) is 0 Å². The summed E-state index contributed by atoms with van der Waals surface area (Å²) in [6.45, 7) is 2.15. The van der Waals surface area contributed by atoms with Crippen LogP contribution in [0, 0.1) is 0 Å². The molecule has 0 radical (unpaired) electrons. The zero-order valence-electron chi connectivity index (χ0n) is 13.4. The van der Waals surface area contributed by atoms with Crippen LogP contribution in [0.2, 0.25) is 0 Å². The second-order valence-corrected chi connectivity index (χ2v) is 6.78. The molecule has 2 nitrogen and oxygen atoms in total. The molecule has 0 amide bonds. The Kier molecular flexibility index (Phi) is 4.63. The minimum absolute atomic E-state index is 0.255. The Bertz CT molecular complexity index is 695. The number of rotatable bonds is 4. The molecule has 0 spiro atoms. The monoisotopic (exact) mass is 382 g/mol. The second-order valence-electron chi connectivity index (χ2n) is 5.86. The van der Waals surface area contributed by atoms with Gasteiger partial charge in [-0.05, 0) is 59.5 Å². The summed E-state index contributed by atoms with van der Waals surface area (Å²) >= 11 is 3.50. The third-order valence-electron chi connectivity index (χ3n) is 4.59. The summed E-state index contributed by atoms with van der Waals surface area (Å²) < 4.78 is 1.03. The summed E-state index contributed by atoms with van der Waals surface area (Å²) in [7, 11) is 0. The van der Waals surface area contributed by atoms with E-state index in [1.54, 1.807) is 24.3 Å². The van der Waals surface area contributed by atoms with Gasteiger partial charge >= 0.3 is 0 Å². The lowest BCUT2D eigenvalue weighted by atomic mass is 9.68. The predicted molar refractivity (Wildman–Crippen MR) is 101 cm³/mol.